The van der Waals surface area contributed by atoms with Gasteiger partial charge in [0.15, 0.2) is 5.54 Å². The maximum absolute atomic E-state index is 13.6. The van der Waals surface area contributed by atoms with Gasteiger partial charge in [0.2, 0.25) is 0 Å². The minimum absolute atomic E-state index is 0.291. The summed E-state index contributed by atoms with van der Waals surface area (Å²) in [6.45, 7) is 1.87. The molecule has 0 radical (unpaired) electrons. The summed E-state index contributed by atoms with van der Waals surface area (Å²) in [5, 5.41) is 10.7. The average molecular weight is 422 g/mol. The number of rotatable bonds is 4. The topological polar surface area (TPSA) is 70.4 Å². The summed E-state index contributed by atoms with van der Waals surface area (Å²) in [6.07, 6.45) is 3.50. The average Bonchev–Trinajstić information content (AvgIpc) is 2.87. The molecule has 4 rings (SSSR count). The molecular formula is C27H22N2O3. The van der Waals surface area contributed by atoms with Crippen LogP contribution in [0.15, 0.2) is 85.1 Å². The van der Waals surface area contributed by atoms with E-state index in [1.165, 1.54) is 12.0 Å². The van der Waals surface area contributed by atoms with E-state index in [9.17, 15) is 14.9 Å². The first-order chi connectivity index (χ1) is 15.5. The zero-order valence-corrected chi connectivity index (χ0v) is 17.9. The second kappa shape index (κ2) is 8.52. The number of hydrogen-bond acceptors (Lipinski definition) is 4. The van der Waals surface area contributed by atoms with Gasteiger partial charge < -0.3 is 4.74 Å². The van der Waals surface area contributed by atoms with E-state index in [-0.39, 0.29) is 5.91 Å². The molecule has 0 bridgehead atoms. The van der Waals surface area contributed by atoms with Crippen molar-refractivity contribution >= 4 is 18.0 Å². The van der Waals surface area contributed by atoms with E-state index in [1.807, 2.05) is 55.5 Å². The number of fused-ring (bicyclic) bond motifs is 1. The number of benzene rings is 3. The lowest BCUT2D eigenvalue weighted by molar-refractivity contribution is 0.0596. The Morgan fingerprint density at radius 3 is 2.34 bits per heavy atom. The molecule has 3 aromatic carbocycles. The van der Waals surface area contributed by atoms with Crippen LogP contribution in [0, 0.1) is 11.3 Å². The van der Waals surface area contributed by atoms with Crippen LogP contribution in [0.1, 0.15) is 50.2 Å². The highest BCUT2D eigenvalue weighted by atomic mass is 16.5. The van der Waals surface area contributed by atoms with Crippen LogP contribution in [0.3, 0.4) is 0 Å². The zero-order valence-electron chi connectivity index (χ0n) is 17.9. The van der Waals surface area contributed by atoms with Gasteiger partial charge in [-0.1, -0.05) is 67.6 Å². The van der Waals surface area contributed by atoms with Gasteiger partial charge in [0.25, 0.3) is 5.91 Å². The molecule has 3 aromatic rings. The number of carbonyl (C=O) groups excluding carboxylic acids is 2. The number of amides is 1. The Hall–Kier alpha value is -4.17. The van der Waals surface area contributed by atoms with Crippen molar-refractivity contribution in [3.63, 3.8) is 0 Å². The minimum atomic E-state index is -1.37. The zero-order chi connectivity index (χ0) is 22.7. The molecule has 0 fully saturated rings. The first-order valence-corrected chi connectivity index (χ1v) is 10.3. The number of nitrogens with zero attached hydrogens (tertiary/aromatic N) is 2. The molecule has 2 atom stereocenters. The van der Waals surface area contributed by atoms with Gasteiger partial charge in [-0.2, -0.15) is 5.26 Å². The Morgan fingerprint density at radius 2 is 1.62 bits per heavy atom. The standard InChI is InChI=1S/C27H22N2O3/c1-19(22-13-7-8-14-23(22)26(31)32-2)27(18-28)24-15-9-6-10-20(24)16-17-29(27)25(30)21-11-4-3-5-12-21/h3-17,19H,1-2H3/t19-,27+/m0/s1. The van der Waals surface area contributed by atoms with Gasteiger partial charge in [-0.3, -0.25) is 9.69 Å². The van der Waals surface area contributed by atoms with Gasteiger partial charge in [0, 0.05) is 23.2 Å². The van der Waals surface area contributed by atoms with E-state index in [0.29, 0.717) is 22.3 Å². The van der Waals surface area contributed by atoms with E-state index >= 15 is 0 Å². The molecule has 0 aliphatic carbocycles. The second-order valence-electron chi connectivity index (χ2n) is 7.62. The van der Waals surface area contributed by atoms with Crippen molar-refractivity contribution in [2.75, 3.05) is 7.11 Å². The maximum Gasteiger partial charge on any atom is 0.338 e. The molecule has 5 heteroatoms. The number of hydrogen-bond donors (Lipinski definition) is 0. The number of carbonyl (C=O) groups is 2. The molecule has 1 heterocycles. The van der Waals surface area contributed by atoms with Gasteiger partial charge in [0.05, 0.1) is 18.7 Å². The van der Waals surface area contributed by atoms with Gasteiger partial charge in [-0.15, -0.1) is 0 Å². The highest BCUT2D eigenvalue weighted by Gasteiger charge is 2.49. The highest BCUT2D eigenvalue weighted by Crippen LogP contribution is 2.47. The second-order valence-corrected chi connectivity index (χ2v) is 7.62. The van der Waals surface area contributed by atoms with Crippen LogP contribution in [0.2, 0.25) is 0 Å². The minimum Gasteiger partial charge on any atom is -0.465 e. The molecule has 0 N–H and O–H groups in total. The van der Waals surface area contributed by atoms with Crippen molar-refractivity contribution < 1.29 is 14.3 Å². The van der Waals surface area contributed by atoms with Gasteiger partial charge in [-0.05, 0) is 35.4 Å². The highest BCUT2D eigenvalue weighted by molar-refractivity contribution is 5.97. The molecule has 158 valence electrons. The fourth-order valence-corrected chi connectivity index (χ4v) is 4.39. The van der Waals surface area contributed by atoms with E-state index < -0.39 is 17.4 Å². The summed E-state index contributed by atoms with van der Waals surface area (Å²) in [6, 6.07) is 25.9. The molecule has 0 saturated carbocycles. The third kappa shape index (κ3) is 3.27. The van der Waals surface area contributed by atoms with Crippen molar-refractivity contribution in [3.05, 3.63) is 113 Å². The number of esters is 1. The molecule has 1 amide bonds. The van der Waals surface area contributed by atoms with Crippen molar-refractivity contribution in [2.45, 2.75) is 18.4 Å². The summed E-state index contributed by atoms with van der Waals surface area (Å²) in [7, 11) is 1.33. The van der Waals surface area contributed by atoms with Crippen LogP contribution in [0.4, 0.5) is 0 Å². The quantitative estimate of drug-likeness (QED) is 0.547. The summed E-state index contributed by atoms with van der Waals surface area (Å²) >= 11 is 0. The fraction of sp³-hybridized carbons (Fsp3) is 0.148. The first kappa shape index (κ1) is 21.1. The Balaban J connectivity index is 1.95. The van der Waals surface area contributed by atoms with E-state index in [1.54, 1.807) is 42.6 Å². The van der Waals surface area contributed by atoms with Crippen LogP contribution in [-0.4, -0.2) is 23.9 Å². The largest absolute Gasteiger partial charge is 0.465 e. The molecule has 0 unspecified atom stereocenters. The van der Waals surface area contributed by atoms with Crippen molar-refractivity contribution in [1.82, 2.24) is 4.90 Å². The monoisotopic (exact) mass is 422 g/mol. The summed E-state index contributed by atoms with van der Waals surface area (Å²) < 4.78 is 4.98. The molecule has 1 aliphatic heterocycles. The Morgan fingerprint density at radius 1 is 0.969 bits per heavy atom. The van der Waals surface area contributed by atoms with Crippen LogP contribution in [0.25, 0.3) is 6.08 Å². The van der Waals surface area contributed by atoms with Crippen LogP contribution >= 0.6 is 0 Å². The Kier molecular flexibility index (Phi) is 5.61. The van der Waals surface area contributed by atoms with Crippen LogP contribution in [-0.2, 0) is 10.3 Å². The van der Waals surface area contributed by atoms with Gasteiger partial charge >= 0.3 is 5.97 Å². The third-order valence-corrected chi connectivity index (χ3v) is 6.02. The fourth-order valence-electron chi connectivity index (χ4n) is 4.39. The molecule has 32 heavy (non-hydrogen) atoms. The lowest BCUT2D eigenvalue weighted by Gasteiger charge is -2.44. The summed E-state index contributed by atoms with van der Waals surface area (Å²) in [4.78, 5) is 27.6. The molecular weight excluding hydrogens is 400 g/mol. The van der Waals surface area contributed by atoms with Crippen LogP contribution in [0.5, 0.6) is 0 Å². The van der Waals surface area contributed by atoms with E-state index in [4.69, 9.17) is 4.74 Å². The lowest BCUT2D eigenvalue weighted by atomic mass is 9.71. The number of nitriles is 1. The SMILES string of the molecule is COC(=O)c1ccccc1[C@H](C)[C@]1(C#N)c2ccccc2C=CN1C(=O)c1ccccc1. The number of ether oxygens (including phenoxy) is 1. The first-order valence-electron chi connectivity index (χ1n) is 10.3. The molecule has 0 spiro atoms. The Bertz CT molecular complexity index is 1240. The Labute approximate surface area is 187 Å². The smallest absolute Gasteiger partial charge is 0.338 e. The van der Waals surface area contributed by atoms with Gasteiger partial charge in [-0.25, -0.2) is 4.79 Å². The summed E-state index contributed by atoms with van der Waals surface area (Å²) in [5.74, 6) is -1.32. The van der Waals surface area contributed by atoms with Crippen molar-refractivity contribution in [1.29, 1.82) is 5.26 Å². The van der Waals surface area contributed by atoms with Crippen LogP contribution < -0.4 is 0 Å². The number of methoxy groups -OCH3 is 1. The van der Waals surface area contributed by atoms with E-state index in [0.717, 1.165) is 5.56 Å². The predicted molar refractivity (Wildman–Crippen MR) is 122 cm³/mol. The molecule has 1 aliphatic rings. The predicted octanol–water partition coefficient (Wildman–Crippen LogP) is 5.12. The van der Waals surface area contributed by atoms with Gasteiger partial charge in [0.1, 0.15) is 0 Å². The van der Waals surface area contributed by atoms with Crippen molar-refractivity contribution in [2.24, 2.45) is 0 Å². The lowest BCUT2D eigenvalue weighted by Crippen LogP contribution is -2.51. The molecule has 0 saturated heterocycles. The third-order valence-electron chi connectivity index (χ3n) is 6.02. The van der Waals surface area contributed by atoms with E-state index in [2.05, 4.69) is 6.07 Å². The molecule has 0 aromatic heterocycles. The summed E-state index contributed by atoms with van der Waals surface area (Å²) in [5.41, 5.74) is 1.68. The normalized spacial score (nSPS) is 17.7. The van der Waals surface area contributed by atoms with Crippen molar-refractivity contribution in [3.8, 4) is 6.07 Å². The molecule has 5 nitrogen and oxygen atoms in total. The maximum atomic E-state index is 13.6.